The van der Waals surface area contributed by atoms with Gasteiger partial charge in [-0.3, -0.25) is 19.8 Å². The van der Waals surface area contributed by atoms with Crippen LogP contribution in [0, 0.1) is 19.7 Å². The van der Waals surface area contributed by atoms with Crippen LogP contribution in [-0.4, -0.2) is 21.5 Å². The third kappa shape index (κ3) is 4.24. The minimum atomic E-state index is -0.536. The number of benzene rings is 2. The number of hydrogen-bond donors (Lipinski definition) is 1. The molecule has 5 nitrogen and oxygen atoms in total. The quantitative estimate of drug-likeness (QED) is 0.331. The van der Waals surface area contributed by atoms with Gasteiger partial charge in [0.1, 0.15) is 11.4 Å². The van der Waals surface area contributed by atoms with Gasteiger partial charge in [-0.1, -0.05) is 26.0 Å². The lowest BCUT2D eigenvalue weighted by Gasteiger charge is -2.29. The standard InChI is InChI=1S/C26H24FN3O2S/c1-15(2)18-5-9-22(10-6-18)30-25(32)23(24(31)28-26(30)33)14-19-13-16(3)29(17(19)4)21-11-7-20(27)8-12-21/h5-15H,1-4H3,(H,28,31,33)/b23-14-. The fourth-order valence-corrected chi connectivity index (χ4v) is 4.26. The molecule has 1 fully saturated rings. The summed E-state index contributed by atoms with van der Waals surface area (Å²) in [6.07, 6.45) is 1.58. The van der Waals surface area contributed by atoms with Crippen LogP contribution in [0.3, 0.4) is 0 Å². The summed E-state index contributed by atoms with van der Waals surface area (Å²) < 4.78 is 15.3. The maximum Gasteiger partial charge on any atom is 0.270 e. The number of aromatic nitrogens is 1. The highest BCUT2D eigenvalue weighted by Crippen LogP contribution is 2.27. The van der Waals surface area contributed by atoms with Crippen LogP contribution in [0.1, 0.15) is 42.3 Å². The van der Waals surface area contributed by atoms with E-state index < -0.39 is 11.8 Å². The molecule has 0 saturated carbocycles. The number of nitrogens with one attached hydrogen (secondary N) is 1. The number of halogens is 1. The van der Waals surface area contributed by atoms with E-state index >= 15 is 0 Å². The van der Waals surface area contributed by atoms with Gasteiger partial charge in [0, 0.05) is 17.1 Å². The molecule has 0 radical (unpaired) electrons. The number of rotatable bonds is 4. The molecule has 2 heterocycles. The second-order valence-corrected chi connectivity index (χ2v) is 8.73. The molecule has 168 valence electrons. The molecule has 1 aromatic heterocycles. The molecule has 0 atom stereocenters. The van der Waals surface area contributed by atoms with Gasteiger partial charge in [-0.2, -0.15) is 0 Å². The molecule has 4 rings (SSSR count). The Kier molecular flexibility index (Phi) is 5.99. The largest absolute Gasteiger partial charge is 0.318 e. The summed E-state index contributed by atoms with van der Waals surface area (Å²) in [5.41, 5.74) is 4.97. The molecule has 0 aliphatic carbocycles. The zero-order valence-corrected chi connectivity index (χ0v) is 19.7. The summed E-state index contributed by atoms with van der Waals surface area (Å²) in [7, 11) is 0. The lowest BCUT2D eigenvalue weighted by Crippen LogP contribution is -2.54. The fourth-order valence-electron chi connectivity index (χ4n) is 3.98. The van der Waals surface area contributed by atoms with E-state index in [1.807, 2.05) is 48.7 Å². The predicted molar refractivity (Wildman–Crippen MR) is 132 cm³/mol. The third-order valence-corrected chi connectivity index (χ3v) is 6.06. The number of carbonyl (C=O) groups excluding carboxylic acids is 2. The third-order valence-electron chi connectivity index (χ3n) is 5.77. The van der Waals surface area contributed by atoms with E-state index in [9.17, 15) is 14.0 Å². The van der Waals surface area contributed by atoms with Crippen LogP contribution in [-0.2, 0) is 9.59 Å². The van der Waals surface area contributed by atoms with Gasteiger partial charge in [-0.15, -0.1) is 0 Å². The van der Waals surface area contributed by atoms with Gasteiger partial charge in [0.2, 0.25) is 0 Å². The number of aryl methyl sites for hydroxylation is 1. The smallest absolute Gasteiger partial charge is 0.270 e. The van der Waals surface area contributed by atoms with Crippen LogP contribution >= 0.6 is 12.2 Å². The van der Waals surface area contributed by atoms with Gasteiger partial charge < -0.3 is 4.57 Å². The Hall–Kier alpha value is -3.58. The molecule has 0 unspecified atom stereocenters. The van der Waals surface area contributed by atoms with Crippen LogP contribution in [0.4, 0.5) is 10.1 Å². The zero-order chi connectivity index (χ0) is 23.9. The van der Waals surface area contributed by atoms with E-state index in [-0.39, 0.29) is 16.5 Å². The van der Waals surface area contributed by atoms with Crippen molar-refractivity contribution in [2.24, 2.45) is 0 Å². The molecular formula is C26H24FN3O2S. The second-order valence-electron chi connectivity index (χ2n) is 8.34. The van der Waals surface area contributed by atoms with Crippen LogP contribution < -0.4 is 10.2 Å². The first-order valence-corrected chi connectivity index (χ1v) is 11.0. The van der Waals surface area contributed by atoms with Gasteiger partial charge in [0.05, 0.1) is 5.69 Å². The molecular weight excluding hydrogens is 437 g/mol. The van der Waals surface area contributed by atoms with Crippen molar-refractivity contribution in [3.05, 3.63) is 88.5 Å². The van der Waals surface area contributed by atoms with Crippen molar-refractivity contribution in [3.8, 4) is 5.69 Å². The maximum atomic E-state index is 13.4. The maximum absolute atomic E-state index is 13.4. The predicted octanol–water partition coefficient (Wildman–Crippen LogP) is 5.19. The molecule has 0 bridgehead atoms. The SMILES string of the molecule is Cc1cc(/C=C2/C(=O)NC(=S)N(c3ccc(C(C)C)cc3)C2=O)c(C)n1-c1ccc(F)cc1. The highest BCUT2D eigenvalue weighted by atomic mass is 32.1. The summed E-state index contributed by atoms with van der Waals surface area (Å²) in [6, 6.07) is 15.6. The first-order chi connectivity index (χ1) is 15.7. The van der Waals surface area contributed by atoms with E-state index in [1.54, 1.807) is 18.2 Å². The summed E-state index contributed by atoms with van der Waals surface area (Å²) in [5, 5.41) is 2.68. The molecule has 7 heteroatoms. The Morgan fingerprint density at radius 1 is 0.970 bits per heavy atom. The first-order valence-electron chi connectivity index (χ1n) is 10.6. The normalized spacial score (nSPS) is 15.5. The van der Waals surface area contributed by atoms with Crippen LogP contribution in [0.15, 0.2) is 60.2 Å². The average Bonchev–Trinajstić information content (AvgIpc) is 3.05. The topological polar surface area (TPSA) is 54.3 Å². The molecule has 0 spiro atoms. The average molecular weight is 462 g/mol. The van der Waals surface area contributed by atoms with E-state index in [4.69, 9.17) is 12.2 Å². The Labute approximate surface area is 197 Å². The van der Waals surface area contributed by atoms with Crippen molar-refractivity contribution < 1.29 is 14.0 Å². The van der Waals surface area contributed by atoms with E-state index in [2.05, 4.69) is 19.2 Å². The Bertz CT molecular complexity index is 1290. The number of hydrogen-bond acceptors (Lipinski definition) is 3. The minimum Gasteiger partial charge on any atom is -0.318 e. The van der Waals surface area contributed by atoms with Gasteiger partial charge in [0.25, 0.3) is 11.8 Å². The number of carbonyl (C=O) groups is 2. The van der Waals surface area contributed by atoms with Crippen molar-refractivity contribution in [1.82, 2.24) is 9.88 Å². The van der Waals surface area contributed by atoms with Crippen molar-refractivity contribution in [1.29, 1.82) is 0 Å². The van der Waals surface area contributed by atoms with Crippen molar-refractivity contribution in [2.45, 2.75) is 33.6 Å². The highest BCUT2D eigenvalue weighted by Gasteiger charge is 2.34. The molecule has 33 heavy (non-hydrogen) atoms. The molecule has 1 aliphatic heterocycles. The van der Waals surface area contributed by atoms with Crippen LogP contribution in [0.5, 0.6) is 0 Å². The van der Waals surface area contributed by atoms with Gasteiger partial charge in [-0.25, -0.2) is 4.39 Å². The Morgan fingerprint density at radius 3 is 2.18 bits per heavy atom. The van der Waals surface area contributed by atoms with Crippen molar-refractivity contribution in [2.75, 3.05) is 4.90 Å². The van der Waals surface area contributed by atoms with Gasteiger partial charge in [0.15, 0.2) is 5.11 Å². The molecule has 1 saturated heterocycles. The summed E-state index contributed by atoms with van der Waals surface area (Å²) >= 11 is 5.30. The number of nitrogens with zero attached hydrogens (tertiary/aromatic N) is 2. The summed E-state index contributed by atoms with van der Waals surface area (Å²) in [4.78, 5) is 27.4. The van der Waals surface area contributed by atoms with E-state index in [0.717, 1.165) is 28.2 Å². The molecule has 2 aromatic carbocycles. The number of anilines is 1. The summed E-state index contributed by atoms with van der Waals surface area (Å²) in [5.74, 6) is -0.973. The van der Waals surface area contributed by atoms with Crippen LogP contribution in [0.2, 0.25) is 0 Å². The van der Waals surface area contributed by atoms with E-state index in [1.165, 1.54) is 17.0 Å². The monoisotopic (exact) mass is 461 g/mol. The second kappa shape index (κ2) is 8.75. The van der Waals surface area contributed by atoms with Crippen LogP contribution in [0.25, 0.3) is 11.8 Å². The fraction of sp³-hybridized carbons (Fsp3) is 0.192. The molecule has 3 aromatic rings. The minimum absolute atomic E-state index is 0.00380. The highest BCUT2D eigenvalue weighted by molar-refractivity contribution is 7.80. The molecule has 1 N–H and O–H groups in total. The van der Waals surface area contributed by atoms with Gasteiger partial charge >= 0.3 is 0 Å². The van der Waals surface area contributed by atoms with Crippen molar-refractivity contribution >= 4 is 40.9 Å². The Balaban J connectivity index is 1.72. The lowest BCUT2D eigenvalue weighted by atomic mass is 10.0. The Morgan fingerprint density at radius 2 is 1.58 bits per heavy atom. The zero-order valence-electron chi connectivity index (χ0n) is 18.8. The molecule has 1 aliphatic rings. The first kappa shape index (κ1) is 22.6. The van der Waals surface area contributed by atoms with E-state index in [0.29, 0.717) is 11.6 Å². The molecule has 2 amide bonds. The lowest BCUT2D eigenvalue weighted by molar-refractivity contribution is -0.122. The number of thiocarbonyl (C=S) groups is 1. The van der Waals surface area contributed by atoms with Gasteiger partial charge in [-0.05, 0) is 91.7 Å². The summed E-state index contributed by atoms with van der Waals surface area (Å²) in [6.45, 7) is 7.99. The van der Waals surface area contributed by atoms with Crippen molar-refractivity contribution in [3.63, 3.8) is 0 Å². The number of amides is 2.